The molecular formula is C14H30N2. The molecule has 1 rings (SSSR count). The second kappa shape index (κ2) is 6.02. The quantitative estimate of drug-likeness (QED) is 0.781. The van der Waals surface area contributed by atoms with E-state index in [4.69, 9.17) is 5.73 Å². The lowest BCUT2D eigenvalue weighted by atomic mass is 9.81. The summed E-state index contributed by atoms with van der Waals surface area (Å²) in [4.78, 5) is 2.61. The zero-order valence-corrected chi connectivity index (χ0v) is 11.6. The molecule has 0 aromatic heterocycles. The zero-order chi connectivity index (χ0) is 12.2. The van der Waals surface area contributed by atoms with Crippen molar-refractivity contribution in [1.29, 1.82) is 0 Å². The fourth-order valence-electron chi connectivity index (χ4n) is 3.41. The van der Waals surface area contributed by atoms with Gasteiger partial charge in [0, 0.05) is 18.1 Å². The minimum Gasteiger partial charge on any atom is -0.329 e. The van der Waals surface area contributed by atoms with Gasteiger partial charge in [-0.05, 0) is 38.6 Å². The van der Waals surface area contributed by atoms with E-state index in [0.29, 0.717) is 0 Å². The molecule has 16 heavy (non-hydrogen) atoms. The summed E-state index contributed by atoms with van der Waals surface area (Å²) in [6, 6.07) is 0.747. The Kier molecular flexibility index (Phi) is 5.26. The first-order chi connectivity index (χ1) is 7.61. The van der Waals surface area contributed by atoms with Crippen molar-refractivity contribution in [2.75, 3.05) is 13.6 Å². The molecule has 1 saturated carbocycles. The third-order valence-corrected chi connectivity index (χ3v) is 5.01. The number of likely N-dealkylation sites (N-methyl/N-ethyl adjacent to an activating group) is 1. The molecule has 0 radical (unpaired) electrons. The van der Waals surface area contributed by atoms with Crippen LogP contribution in [0.5, 0.6) is 0 Å². The van der Waals surface area contributed by atoms with Gasteiger partial charge in [0.1, 0.15) is 0 Å². The van der Waals surface area contributed by atoms with E-state index in [1.807, 2.05) is 0 Å². The number of hydrogen-bond acceptors (Lipinski definition) is 2. The fraction of sp³-hybridized carbons (Fsp3) is 1.00. The smallest absolute Gasteiger partial charge is 0.0326 e. The topological polar surface area (TPSA) is 29.3 Å². The largest absolute Gasteiger partial charge is 0.329 e. The Balaban J connectivity index is 2.76. The molecule has 1 aliphatic carbocycles. The van der Waals surface area contributed by atoms with Crippen molar-refractivity contribution in [1.82, 2.24) is 4.90 Å². The predicted molar refractivity (Wildman–Crippen MR) is 71.6 cm³/mol. The second-order valence-corrected chi connectivity index (χ2v) is 5.58. The summed E-state index contributed by atoms with van der Waals surface area (Å²) < 4.78 is 0. The van der Waals surface area contributed by atoms with E-state index in [9.17, 15) is 0 Å². The van der Waals surface area contributed by atoms with E-state index in [1.165, 1.54) is 38.5 Å². The number of nitrogens with zero attached hydrogens (tertiary/aromatic N) is 1. The molecule has 2 nitrogen and oxygen atoms in total. The summed E-state index contributed by atoms with van der Waals surface area (Å²) in [6.45, 7) is 7.76. The molecular weight excluding hydrogens is 196 g/mol. The first kappa shape index (κ1) is 14.0. The maximum Gasteiger partial charge on any atom is 0.0326 e. The summed E-state index contributed by atoms with van der Waals surface area (Å²) in [5, 5.41) is 0. The molecule has 2 N–H and O–H groups in total. The molecule has 2 unspecified atom stereocenters. The van der Waals surface area contributed by atoms with Crippen LogP contribution in [0.3, 0.4) is 0 Å². The minimum atomic E-state index is 0.232. The third-order valence-electron chi connectivity index (χ3n) is 5.01. The highest BCUT2D eigenvalue weighted by Crippen LogP contribution is 2.33. The molecule has 0 aliphatic heterocycles. The Morgan fingerprint density at radius 1 is 1.19 bits per heavy atom. The standard InChI is InChI=1S/C14H30N2/c1-5-14(6-2,11-15)16(4)13-10-8-7-9-12(13)3/h12-13H,5-11,15H2,1-4H3. The molecule has 0 heterocycles. The van der Waals surface area contributed by atoms with Crippen molar-refractivity contribution < 1.29 is 0 Å². The maximum atomic E-state index is 6.04. The van der Waals surface area contributed by atoms with Gasteiger partial charge in [-0.2, -0.15) is 0 Å². The van der Waals surface area contributed by atoms with Crippen molar-refractivity contribution >= 4 is 0 Å². The first-order valence-corrected chi connectivity index (χ1v) is 7.04. The van der Waals surface area contributed by atoms with Crippen LogP contribution in [-0.4, -0.2) is 30.1 Å². The van der Waals surface area contributed by atoms with Gasteiger partial charge in [0.15, 0.2) is 0 Å². The van der Waals surface area contributed by atoms with Crippen molar-refractivity contribution in [2.24, 2.45) is 11.7 Å². The molecule has 1 fully saturated rings. The number of hydrogen-bond donors (Lipinski definition) is 1. The molecule has 96 valence electrons. The van der Waals surface area contributed by atoms with E-state index >= 15 is 0 Å². The van der Waals surface area contributed by atoms with Crippen LogP contribution in [0.2, 0.25) is 0 Å². The van der Waals surface area contributed by atoms with E-state index < -0.39 is 0 Å². The van der Waals surface area contributed by atoms with Gasteiger partial charge < -0.3 is 5.73 Å². The summed E-state index contributed by atoms with van der Waals surface area (Å²) in [5.41, 5.74) is 6.27. The molecule has 0 amide bonds. The van der Waals surface area contributed by atoms with Crippen LogP contribution < -0.4 is 5.73 Å². The molecule has 0 saturated heterocycles. The first-order valence-electron chi connectivity index (χ1n) is 7.04. The highest BCUT2D eigenvalue weighted by Gasteiger charge is 2.36. The normalized spacial score (nSPS) is 27.4. The van der Waals surface area contributed by atoms with Crippen LogP contribution >= 0.6 is 0 Å². The van der Waals surface area contributed by atoms with Crippen molar-refractivity contribution in [3.63, 3.8) is 0 Å². The number of rotatable bonds is 5. The lowest BCUT2D eigenvalue weighted by Gasteiger charge is -2.48. The Bertz CT molecular complexity index is 191. The monoisotopic (exact) mass is 226 g/mol. The Morgan fingerprint density at radius 3 is 2.19 bits per heavy atom. The van der Waals surface area contributed by atoms with Crippen LogP contribution in [0.15, 0.2) is 0 Å². The molecule has 0 spiro atoms. The van der Waals surface area contributed by atoms with Gasteiger partial charge in [0.05, 0.1) is 0 Å². The van der Waals surface area contributed by atoms with Crippen molar-refractivity contribution in [2.45, 2.75) is 70.9 Å². The van der Waals surface area contributed by atoms with E-state index in [-0.39, 0.29) is 5.54 Å². The van der Waals surface area contributed by atoms with Crippen molar-refractivity contribution in [3.05, 3.63) is 0 Å². The Labute approximate surface area is 102 Å². The summed E-state index contributed by atoms with van der Waals surface area (Å²) in [6.07, 6.45) is 7.90. The predicted octanol–water partition coefficient (Wildman–Crippen LogP) is 3.01. The highest BCUT2D eigenvalue weighted by molar-refractivity contribution is 4.93. The average molecular weight is 226 g/mol. The van der Waals surface area contributed by atoms with Gasteiger partial charge in [-0.25, -0.2) is 0 Å². The van der Waals surface area contributed by atoms with Crippen LogP contribution in [-0.2, 0) is 0 Å². The Hall–Kier alpha value is -0.0800. The SMILES string of the molecule is CCC(CC)(CN)N(C)C1CCCCC1C. The maximum absolute atomic E-state index is 6.04. The van der Waals surface area contributed by atoms with E-state index in [0.717, 1.165) is 18.5 Å². The van der Waals surface area contributed by atoms with E-state index in [1.54, 1.807) is 0 Å². The molecule has 2 atom stereocenters. The van der Waals surface area contributed by atoms with Gasteiger partial charge in [-0.1, -0.05) is 33.6 Å². The third kappa shape index (κ3) is 2.60. The summed E-state index contributed by atoms with van der Waals surface area (Å²) in [7, 11) is 2.30. The van der Waals surface area contributed by atoms with Crippen LogP contribution in [0.25, 0.3) is 0 Å². The Morgan fingerprint density at radius 2 is 1.75 bits per heavy atom. The van der Waals surface area contributed by atoms with Gasteiger partial charge in [0.2, 0.25) is 0 Å². The van der Waals surface area contributed by atoms with Crippen molar-refractivity contribution in [3.8, 4) is 0 Å². The van der Waals surface area contributed by atoms with Crippen LogP contribution in [0.4, 0.5) is 0 Å². The zero-order valence-electron chi connectivity index (χ0n) is 11.6. The van der Waals surface area contributed by atoms with Crippen LogP contribution in [0.1, 0.15) is 59.3 Å². The molecule has 0 aromatic rings. The number of nitrogens with two attached hydrogens (primary N) is 1. The van der Waals surface area contributed by atoms with Crippen LogP contribution in [0, 0.1) is 5.92 Å². The van der Waals surface area contributed by atoms with Gasteiger partial charge in [-0.3, -0.25) is 4.90 Å². The molecule has 1 aliphatic rings. The van der Waals surface area contributed by atoms with Gasteiger partial charge in [0.25, 0.3) is 0 Å². The second-order valence-electron chi connectivity index (χ2n) is 5.58. The highest BCUT2D eigenvalue weighted by atomic mass is 15.2. The molecule has 0 aromatic carbocycles. The minimum absolute atomic E-state index is 0.232. The lowest BCUT2D eigenvalue weighted by molar-refractivity contribution is 0.0257. The molecule has 0 bridgehead atoms. The average Bonchev–Trinajstić information content (AvgIpc) is 2.32. The summed E-state index contributed by atoms with van der Waals surface area (Å²) in [5.74, 6) is 0.836. The van der Waals surface area contributed by atoms with Gasteiger partial charge in [-0.15, -0.1) is 0 Å². The fourth-order valence-corrected chi connectivity index (χ4v) is 3.41. The lowest BCUT2D eigenvalue weighted by Crippen LogP contribution is -2.57. The molecule has 2 heteroatoms. The van der Waals surface area contributed by atoms with Gasteiger partial charge >= 0.3 is 0 Å². The van der Waals surface area contributed by atoms with E-state index in [2.05, 4.69) is 32.7 Å². The summed E-state index contributed by atoms with van der Waals surface area (Å²) >= 11 is 0.